The Morgan fingerprint density at radius 3 is 2.53 bits per heavy atom. The second kappa shape index (κ2) is 4.58. The van der Waals surface area contributed by atoms with Crippen LogP contribution in [0.3, 0.4) is 0 Å². The molecule has 5 nitrogen and oxygen atoms in total. The molecule has 0 aromatic rings. The molecule has 3 fully saturated rings. The Morgan fingerprint density at radius 2 is 2.00 bits per heavy atom. The minimum absolute atomic E-state index is 0.237. The summed E-state index contributed by atoms with van der Waals surface area (Å²) in [7, 11) is 0. The first kappa shape index (κ1) is 14.5. The summed E-state index contributed by atoms with van der Waals surface area (Å²) in [6, 6.07) is 0. The highest BCUT2D eigenvalue weighted by molar-refractivity contribution is 5.87. The quantitative estimate of drug-likeness (QED) is 0.567. The second-order valence-corrected chi connectivity index (χ2v) is 5.65. The third-order valence-corrected chi connectivity index (χ3v) is 3.82. The minimum atomic E-state index is -0.979. The third-order valence-electron chi connectivity index (χ3n) is 3.82. The molecule has 5 heteroatoms. The Balaban J connectivity index is 2.08. The van der Waals surface area contributed by atoms with Crippen LogP contribution in [0.25, 0.3) is 0 Å². The number of hydrogen-bond donors (Lipinski definition) is 0. The van der Waals surface area contributed by atoms with Crippen molar-refractivity contribution < 1.29 is 23.7 Å². The van der Waals surface area contributed by atoms with Gasteiger partial charge in [-0.3, -0.25) is 9.47 Å². The van der Waals surface area contributed by atoms with Gasteiger partial charge in [0.1, 0.15) is 6.61 Å². The van der Waals surface area contributed by atoms with Gasteiger partial charge in [0.25, 0.3) is 5.97 Å². The zero-order valence-electron chi connectivity index (χ0n) is 12.2. The zero-order chi connectivity index (χ0) is 14.3. The second-order valence-electron chi connectivity index (χ2n) is 5.65. The van der Waals surface area contributed by atoms with Crippen molar-refractivity contribution in [2.75, 3.05) is 13.2 Å². The number of ether oxygens (including phenoxy) is 4. The number of hydrogen-bond acceptors (Lipinski definition) is 5. The number of carbonyl (C=O) groups excluding carboxylic acids is 1. The molecule has 0 aromatic carbocycles. The predicted molar refractivity (Wildman–Crippen MR) is 68.0 cm³/mol. The van der Waals surface area contributed by atoms with Crippen LogP contribution in [0.15, 0.2) is 11.6 Å². The molecule has 2 bridgehead atoms. The molecule has 0 spiro atoms. The minimum Gasteiger partial charge on any atom is -0.463 e. The SMILES string of the molecule is CCOC(=O)/C(C)=C/C12COC(C(C)(C)CC)(O1)O2. The summed E-state index contributed by atoms with van der Waals surface area (Å²) in [5.74, 6) is -2.26. The standard InChI is InChI=1S/C14H22O5/c1-6-12(4,5)14-17-9-13(18-14,19-14)8-10(3)11(15)16-7-2/h8H,6-7,9H2,1-5H3/b10-8+. The summed E-state index contributed by atoms with van der Waals surface area (Å²) in [5.41, 5.74) is 0.230. The van der Waals surface area contributed by atoms with Gasteiger partial charge in [-0.25, -0.2) is 4.79 Å². The van der Waals surface area contributed by atoms with E-state index in [4.69, 9.17) is 18.9 Å². The number of carbonyl (C=O) groups is 1. The largest absolute Gasteiger partial charge is 0.463 e. The van der Waals surface area contributed by atoms with Crippen molar-refractivity contribution >= 4 is 5.97 Å². The van der Waals surface area contributed by atoms with Crippen LogP contribution in [-0.2, 0) is 23.7 Å². The molecule has 3 heterocycles. The molecule has 0 unspecified atom stereocenters. The molecule has 0 aliphatic carbocycles. The molecule has 108 valence electrons. The zero-order valence-corrected chi connectivity index (χ0v) is 12.2. The van der Waals surface area contributed by atoms with Gasteiger partial charge in [0.2, 0.25) is 5.79 Å². The molecule has 3 saturated heterocycles. The van der Waals surface area contributed by atoms with E-state index in [0.29, 0.717) is 18.8 Å². The van der Waals surface area contributed by atoms with E-state index in [1.54, 1.807) is 19.9 Å². The van der Waals surface area contributed by atoms with Crippen LogP contribution in [0, 0.1) is 5.41 Å². The average molecular weight is 270 g/mol. The highest BCUT2D eigenvalue weighted by Gasteiger charge is 2.71. The Bertz CT molecular complexity index is 404. The maximum atomic E-state index is 11.6. The van der Waals surface area contributed by atoms with E-state index in [9.17, 15) is 4.79 Å². The first-order valence-electron chi connectivity index (χ1n) is 6.70. The van der Waals surface area contributed by atoms with Crippen molar-refractivity contribution in [2.24, 2.45) is 5.41 Å². The van der Waals surface area contributed by atoms with Crippen molar-refractivity contribution in [3.8, 4) is 0 Å². The maximum absolute atomic E-state index is 11.6. The fourth-order valence-electron chi connectivity index (χ4n) is 2.20. The molecule has 0 amide bonds. The van der Waals surface area contributed by atoms with Gasteiger partial charge in [-0.05, 0) is 26.3 Å². The van der Waals surface area contributed by atoms with Gasteiger partial charge < -0.3 is 9.47 Å². The van der Waals surface area contributed by atoms with Gasteiger partial charge in [0.05, 0.1) is 6.61 Å². The van der Waals surface area contributed by atoms with E-state index >= 15 is 0 Å². The van der Waals surface area contributed by atoms with Crippen LogP contribution in [-0.4, -0.2) is 30.9 Å². The van der Waals surface area contributed by atoms with Gasteiger partial charge in [0, 0.05) is 11.0 Å². The summed E-state index contributed by atoms with van der Waals surface area (Å²) in [6.45, 7) is 10.2. The monoisotopic (exact) mass is 270 g/mol. The lowest BCUT2D eigenvalue weighted by atomic mass is 9.86. The molecule has 0 saturated carbocycles. The first-order chi connectivity index (χ1) is 8.80. The van der Waals surface area contributed by atoms with E-state index in [1.807, 2.05) is 13.8 Å². The van der Waals surface area contributed by atoms with E-state index in [1.165, 1.54) is 0 Å². The fraction of sp³-hybridized carbons (Fsp3) is 0.786. The molecular weight excluding hydrogens is 248 g/mol. The molecule has 0 radical (unpaired) electrons. The summed E-state index contributed by atoms with van der Waals surface area (Å²) >= 11 is 0. The topological polar surface area (TPSA) is 54.0 Å². The lowest BCUT2D eigenvalue weighted by Gasteiger charge is -2.50. The van der Waals surface area contributed by atoms with Gasteiger partial charge >= 0.3 is 5.97 Å². The molecule has 0 N–H and O–H groups in total. The van der Waals surface area contributed by atoms with E-state index in [-0.39, 0.29) is 11.4 Å². The van der Waals surface area contributed by atoms with Crippen molar-refractivity contribution in [1.29, 1.82) is 0 Å². The molecular formula is C14H22O5. The van der Waals surface area contributed by atoms with Gasteiger partial charge in [0.15, 0.2) is 0 Å². The summed E-state index contributed by atoms with van der Waals surface area (Å²) in [6.07, 6.45) is 2.51. The van der Waals surface area contributed by atoms with Gasteiger partial charge in [-0.1, -0.05) is 20.8 Å². The van der Waals surface area contributed by atoms with Crippen molar-refractivity contribution in [3.63, 3.8) is 0 Å². The smallest absolute Gasteiger partial charge is 0.333 e. The summed E-state index contributed by atoms with van der Waals surface area (Å²) in [5, 5.41) is 0. The maximum Gasteiger partial charge on any atom is 0.333 e. The number of esters is 1. The molecule has 0 atom stereocenters. The number of rotatable bonds is 5. The van der Waals surface area contributed by atoms with Gasteiger partial charge in [-0.15, -0.1) is 0 Å². The van der Waals surface area contributed by atoms with Crippen LogP contribution < -0.4 is 0 Å². The van der Waals surface area contributed by atoms with Gasteiger partial charge in [-0.2, -0.15) is 0 Å². The van der Waals surface area contributed by atoms with Crippen LogP contribution in [0.5, 0.6) is 0 Å². The predicted octanol–water partition coefficient (Wildman–Crippen LogP) is 2.36. The van der Waals surface area contributed by atoms with Crippen LogP contribution in [0.2, 0.25) is 0 Å². The summed E-state index contributed by atoms with van der Waals surface area (Å²) in [4.78, 5) is 11.6. The lowest BCUT2D eigenvalue weighted by Crippen LogP contribution is -2.61. The van der Waals surface area contributed by atoms with Crippen LogP contribution in [0.4, 0.5) is 0 Å². The Hall–Kier alpha value is -0.910. The van der Waals surface area contributed by atoms with E-state index < -0.39 is 11.8 Å². The summed E-state index contributed by atoms with van der Waals surface area (Å²) < 4.78 is 22.3. The third kappa shape index (κ3) is 2.20. The highest BCUT2D eigenvalue weighted by Crippen LogP contribution is 2.57. The normalized spacial score (nSPS) is 34.1. The molecule has 3 aliphatic heterocycles. The molecule has 19 heavy (non-hydrogen) atoms. The number of fused-ring (bicyclic) bond motifs is 1. The van der Waals surface area contributed by atoms with Crippen molar-refractivity contribution in [2.45, 2.75) is 52.8 Å². The Morgan fingerprint density at radius 1 is 1.37 bits per heavy atom. The van der Waals surface area contributed by atoms with Crippen molar-refractivity contribution in [1.82, 2.24) is 0 Å². The van der Waals surface area contributed by atoms with Crippen LogP contribution in [0.1, 0.15) is 41.0 Å². The van der Waals surface area contributed by atoms with E-state index in [2.05, 4.69) is 6.92 Å². The molecule has 3 aliphatic rings. The Labute approximate surface area is 113 Å². The first-order valence-corrected chi connectivity index (χ1v) is 6.70. The molecule has 0 aromatic heterocycles. The Kier molecular flexibility index (Phi) is 3.49. The van der Waals surface area contributed by atoms with Crippen molar-refractivity contribution in [3.05, 3.63) is 11.6 Å². The average Bonchev–Trinajstić information content (AvgIpc) is 2.85. The lowest BCUT2D eigenvalue weighted by molar-refractivity contribution is -0.525. The fourth-order valence-corrected chi connectivity index (χ4v) is 2.20. The highest BCUT2D eigenvalue weighted by atomic mass is 17.0. The van der Waals surface area contributed by atoms with Crippen LogP contribution >= 0.6 is 0 Å². The van der Waals surface area contributed by atoms with E-state index in [0.717, 1.165) is 6.42 Å². The molecule has 3 rings (SSSR count).